The highest BCUT2D eigenvalue weighted by Gasteiger charge is 2.26. The first-order chi connectivity index (χ1) is 28.9. The van der Waals surface area contributed by atoms with Gasteiger partial charge >= 0.3 is 7.82 Å². The van der Waals surface area contributed by atoms with Gasteiger partial charge in [-0.2, -0.15) is 0 Å². The van der Waals surface area contributed by atoms with Crippen LogP contribution in [-0.2, 0) is 18.4 Å². The Kier molecular flexibility index (Phi) is 45.7. The lowest BCUT2D eigenvalue weighted by Crippen LogP contribution is -2.45. The van der Waals surface area contributed by atoms with E-state index in [1.165, 1.54) is 199 Å². The zero-order valence-electron chi connectivity index (χ0n) is 39.0. The summed E-state index contributed by atoms with van der Waals surface area (Å²) in [4.78, 5) is 22.8. The third-order valence-corrected chi connectivity index (χ3v) is 12.5. The molecule has 59 heavy (non-hydrogen) atoms. The van der Waals surface area contributed by atoms with Crippen LogP contribution in [0.3, 0.4) is 0 Å². The SMILES string of the molecule is CCCCCCCCCCCCCC/C=C/CC/C=C/C(O)C(COP(=O)(O)OCCN)NC(=O)CCCCCCCCCCCCCCCCCCCCCCCC. The summed E-state index contributed by atoms with van der Waals surface area (Å²) in [6.45, 7) is 4.15. The Labute approximate surface area is 366 Å². The monoisotopic (exact) mass is 855 g/mol. The van der Waals surface area contributed by atoms with Crippen LogP contribution in [0.2, 0.25) is 0 Å². The van der Waals surface area contributed by atoms with Crippen LogP contribution >= 0.6 is 7.82 Å². The molecule has 0 bridgehead atoms. The molecule has 0 rings (SSSR count). The maximum absolute atomic E-state index is 12.8. The number of rotatable bonds is 48. The van der Waals surface area contributed by atoms with Gasteiger partial charge in [0.15, 0.2) is 0 Å². The van der Waals surface area contributed by atoms with Crippen LogP contribution in [0.25, 0.3) is 0 Å². The van der Waals surface area contributed by atoms with E-state index in [-0.39, 0.29) is 25.7 Å². The minimum Gasteiger partial charge on any atom is -0.387 e. The molecule has 350 valence electrons. The van der Waals surface area contributed by atoms with Crippen LogP contribution in [-0.4, -0.2) is 47.8 Å². The van der Waals surface area contributed by atoms with Gasteiger partial charge in [0.2, 0.25) is 5.91 Å². The Morgan fingerprint density at radius 1 is 0.542 bits per heavy atom. The third-order valence-electron chi connectivity index (χ3n) is 11.5. The van der Waals surface area contributed by atoms with Gasteiger partial charge in [-0.3, -0.25) is 13.8 Å². The lowest BCUT2D eigenvalue weighted by molar-refractivity contribution is -0.123. The summed E-state index contributed by atoms with van der Waals surface area (Å²) in [5.74, 6) is -0.199. The van der Waals surface area contributed by atoms with Crippen LogP contribution < -0.4 is 11.1 Å². The first-order valence-corrected chi connectivity index (χ1v) is 27.0. The number of carbonyl (C=O) groups excluding carboxylic acids is 1. The Bertz CT molecular complexity index is 979. The normalized spacial score (nSPS) is 14.1. The smallest absolute Gasteiger partial charge is 0.387 e. The second-order valence-corrected chi connectivity index (χ2v) is 18.8. The second kappa shape index (κ2) is 46.5. The van der Waals surface area contributed by atoms with Crippen LogP contribution in [0.15, 0.2) is 24.3 Å². The number of phosphoric ester groups is 1. The largest absolute Gasteiger partial charge is 0.472 e. The number of amides is 1. The van der Waals surface area contributed by atoms with E-state index in [1.807, 2.05) is 6.08 Å². The average Bonchev–Trinajstić information content (AvgIpc) is 3.22. The van der Waals surface area contributed by atoms with Gasteiger partial charge in [-0.15, -0.1) is 0 Å². The van der Waals surface area contributed by atoms with E-state index in [0.717, 1.165) is 38.5 Å². The molecule has 9 heteroatoms. The summed E-state index contributed by atoms with van der Waals surface area (Å²) in [5, 5.41) is 13.7. The predicted octanol–water partition coefficient (Wildman–Crippen LogP) is 14.9. The van der Waals surface area contributed by atoms with Gasteiger partial charge in [0, 0.05) is 13.0 Å². The summed E-state index contributed by atoms with van der Waals surface area (Å²) < 4.78 is 22.2. The highest BCUT2D eigenvalue weighted by Crippen LogP contribution is 2.43. The zero-order valence-corrected chi connectivity index (χ0v) is 39.9. The van der Waals surface area contributed by atoms with Crippen molar-refractivity contribution in [3.63, 3.8) is 0 Å². The highest BCUT2D eigenvalue weighted by atomic mass is 31.2. The molecular formula is C50H99N2O6P. The number of hydrogen-bond donors (Lipinski definition) is 4. The minimum absolute atomic E-state index is 0.0762. The van der Waals surface area contributed by atoms with Crippen molar-refractivity contribution >= 4 is 13.7 Å². The molecule has 0 heterocycles. The van der Waals surface area contributed by atoms with Gasteiger partial charge in [0.05, 0.1) is 25.4 Å². The number of aliphatic hydroxyl groups excluding tert-OH is 1. The number of allylic oxidation sites excluding steroid dienone is 3. The Morgan fingerprint density at radius 3 is 1.31 bits per heavy atom. The van der Waals surface area contributed by atoms with Crippen molar-refractivity contribution in [1.82, 2.24) is 5.32 Å². The quantitative estimate of drug-likeness (QED) is 0.0272. The fourth-order valence-corrected chi connectivity index (χ4v) is 8.44. The maximum Gasteiger partial charge on any atom is 0.472 e. The number of unbranched alkanes of at least 4 members (excludes halogenated alkanes) is 34. The molecule has 0 aliphatic rings. The number of nitrogens with two attached hydrogens (primary N) is 1. The molecule has 0 aliphatic heterocycles. The molecule has 0 aromatic carbocycles. The van der Waals surface area contributed by atoms with Crippen molar-refractivity contribution in [3.05, 3.63) is 24.3 Å². The van der Waals surface area contributed by atoms with Crippen molar-refractivity contribution in [2.24, 2.45) is 5.73 Å². The molecule has 0 fully saturated rings. The van der Waals surface area contributed by atoms with Gasteiger partial charge in [0.25, 0.3) is 0 Å². The van der Waals surface area contributed by atoms with E-state index in [9.17, 15) is 19.4 Å². The van der Waals surface area contributed by atoms with E-state index in [2.05, 4.69) is 31.3 Å². The summed E-state index contributed by atoms with van der Waals surface area (Å²) in [5.41, 5.74) is 5.39. The summed E-state index contributed by atoms with van der Waals surface area (Å²) in [6, 6.07) is -0.873. The first kappa shape index (κ1) is 58.0. The molecule has 8 nitrogen and oxygen atoms in total. The minimum atomic E-state index is -4.35. The lowest BCUT2D eigenvalue weighted by Gasteiger charge is -2.23. The molecule has 0 radical (unpaired) electrons. The standard InChI is InChI=1S/C50H99N2O6P/c1-3-5-7-9-11-13-15-17-19-21-23-24-25-26-28-30-32-34-36-38-40-42-44-50(54)52-48(47-58-59(55,56)57-46-45-51)49(53)43-41-39-37-35-33-31-29-27-22-20-18-16-14-12-10-8-6-4-2/h33,35,41,43,48-49,53H,3-32,34,36-40,42,44-47,51H2,1-2H3,(H,52,54)(H,55,56)/b35-33+,43-41+. The van der Waals surface area contributed by atoms with Crippen LogP contribution in [0.4, 0.5) is 0 Å². The number of hydrogen-bond acceptors (Lipinski definition) is 6. The molecule has 3 atom stereocenters. The van der Waals surface area contributed by atoms with Crippen molar-refractivity contribution in [2.45, 2.75) is 270 Å². The Hall–Kier alpha value is -1.02. The number of aliphatic hydroxyl groups is 1. The Morgan fingerprint density at radius 2 is 0.898 bits per heavy atom. The molecule has 0 aromatic rings. The molecule has 0 saturated heterocycles. The summed E-state index contributed by atoms with van der Waals surface area (Å²) in [6.07, 6.45) is 55.3. The van der Waals surface area contributed by atoms with Gasteiger partial charge in [0.1, 0.15) is 0 Å². The molecule has 1 amide bonds. The van der Waals surface area contributed by atoms with E-state index < -0.39 is 20.0 Å². The van der Waals surface area contributed by atoms with Gasteiger partial charge in [-0.05, 0) is 32.1 Å². The van der Waals surface area contributed by atoms with Gasteiger partial charge < -0.3 is 21.1 Å². The third kappa shape index (κ3) is 44.8. The average molecular weight is 855 g/mol. The molecule has 0 aromatic heterocycles. The second-order valence-electron chi connectivity index (χ2n) is 17.4. The summed E-state index contributed by atoms with van der Waals surface area (Å²) in [7, 11) is -4.35. The van der Waals surface area contributed by atoms with Gasteiger partial charge in [-0.25, -0.2) is 4.57 Å². The van der Waals surface area contributed by atoms with E-state index in [1.54, 1.807) is 6.08 Å². The molecular weight excluding hydrogens is 756 g/mol. The van der Waals surface area contributed by atoms with Crippen molar-refractivity contribution in [3.8, 4) is 0 Å². The van der Waals surface area contributed by atoms with E-state index in [0.29, 0.717) is 6.42 Å². The molecule has 0 spiro atoms. The van der Waals surface area contributed by atoms with Crippen molar-refractivity contribution < 1.29 is 28.4 Å². The van der Waals surface area contributed by atoms with Crippen molar-refractivity contribution in [1.29, 1.82) is 0 Å². The lowest BCUT2D eigenvalue weighted by atomic mass is 10.0. The van der Waals surface area contributed by atoms with E-state index in [4.69, 9.17) is 14.8 Å². The maximum atomic E-state index is 12.8. The van der Waals surface area contributed by atoms with Crippen LogP contribution in [0.1, 0.15) is 258 Å². The fraction of sp³-hybridized carbons (Fsp3) is 0.900. The number of phosphoric acid groups is 1. The predicted molar refractivity (Wildman–Crippen MR) is 254 cm³/mol. The number of carbonyl (C=O) groups is 1. The molecule has 0 saturated carbocycles. The Balaban J connectivity index is 4.10. The molecule has 0 aliphatic carbocycles. The topological polar surface area (TPSA) is 131 Å². The molecule has 5 N–H and O–H groups in total. The fourth-order valence-electron chi connectivity index (χ4n) is 7.68. The van der Waals surface area contributed by atoms with Crippen LogP contribution in [0, 0.1) is 0 Å². The van der Waals surface area contributed by atoms with E-state index >= 15 is 0 Å². The first-order valence-electron chi connectivity index (χ1n) is 25.5. The van der Waals surface area contributed by atoms with Gasteiger partial charge in [-0.1, -0.05) is 244 Å². The van der Waals surface area contributed by atoms with Crippen molar-refractivity contribution in [2.75, 3.05) is 19.8 Å². The molecule has 3 unspecified atom stereocenters. The zero-order chi connectivity index (χ0) is 43.2. The highest BCUT2D eigenvalue weighted by molar-refractivity contribution is 7.47. The number of nitrogens with one attached hydrogen (secondary N) is 1. The summed E-state index contributed by atoms with van der Waals surface area (Å²) >= 11 is 0. The van der Waals surface area contributed by atoms with Crippen LogP contribution in [0.5, 0.6) is 0 Å².